The number of benzene rings is 1. The van der Waals surface area contributed by atoms with Crippen molar-refractivity contribution in [3.8, 4) is 0 Å². The summed E-state index contributed by atoms with van der Waals surface area (Å²) in [6.07, 6.45) is -3.66. The van der Waals surface area contributed by atoms with E-state index in [2.05, 4.69) is 9.97 Å². The Morgan fingerprint density at radius 3 is 2.46 bits per heavy atom. The molecule has 0 saturated carbocycles. The number of nitrogens with zero attached hydrogens (tertiary/aromatic N) is 3. The molecule has 0 aliphatic carbocycles. The van der Waals surface area contributed by atoms with Gasteiger partial charge in [-0.2, -0.15) is 17.6 Å². The number of hydrogen-bond donors (Lipinski definition) is 2. The third-order valence-corrected chi connectivity index (χ3v) is 3.59. The van der Waals surface area contributed by atoms with Gasteiger partial charge in [-0.3, -0.25) is 9.81 Å². The van der Waals surface area contributed by atoms with Crippen LogP contribution in [-0.4, -0.2) is 20.2 Å². The molecule has 3 rings (SSSR count). The summed E-state index contributed by atoms with van der Waals surface area (Å²) in [6.45, 7) is 0. The van der Waals surface area contributed by atoms with Crippen molar-refractivity contribution < 1.29 is 26.3 Å². The molecule has 0 radical (unpaired) electrons. The van der Waals surface area contributed by atoms with Crippen molar-refractivity contribution in [1.29, 1.82) is 5.41 Å². The number of rotatable bonds is 3. The first-order chi connectivity index (χ1) is 12.1. The monoisotopic (exact) mass is 373 g/mol. The Hall–Kier alpha value is -3.11. The van der Waals surface area contributed by atoms with E-state index >= 15 is 0 Å². The highest BCUT2D eigenvalue weighted by Crippen LogP contribution is 2.33. The predicted octanol–water partition coefficient (Wildman–Crippen LogP) is 3.04. The van der Waals surface area contributed by atoms with Crippen LogP contribution in [0.15, 0.2) is 24.5 Å². The minimum Gasteiger partial charge on any atom is -0.382 e. The topological polar surface area (TPSA) is 80.1 Å². The Labute approximate surface area is 141 Å². The zero-order valence-corrected chi connectivity index (χ0v) is 12.7. The molecule has 26 heavy (non-hydrogen) atoms. The first-order valence-electron chi connectivity index (χ1n) is 7.00. The molecule has 3 N–H and O–H groups in total. The smallest absolute Gasteiger partial charge is 0.382 e. The predicted molar refractivity (Wildman–Crippen MR) is 78.1 cm³/mol. The van der Waals surface area contributed by atoms with E-state index < -0.39 is 47.1 Å². The van der Waals surface area contributed by atoms with Gasteiger partial charge in [-0.25, -0.2) is 18.7 Å². The summed E-state index contributed by atoms with van der Waals surface area (Å²) in [6, 6.07) is 0.443. The van der Waals surface area contributed by atoms with Crippen LogP contribution >= 0.6 is 0 Å². The number of hydrogen-bond acceptors (Lipinski definition) is 3. The number of fused-ring (bicyclic) bond motifs is 1. The molecule has 0 saturated heterocycles. The number of nitrogens with two attached hydrogens (primary N) is 1. The number of alkyl halides is 3. The van der Waals surface area contributed by atoms with Crippen molar-refractivity contribution >= 4 is 11.5 Å². The molecule has 136 valence electrons. The second-order valence-electron chi connectivity index (χ2n) is 5.36. The van der Waals surface area contributed by atoms with Crippen LogP contribution in [-0.2, 0) is 12.6 Å². The van der Waals surface area contributed by atoms with E-state index in [1.165, 1.54) is 0 Å². The highest BCUT2D eigenvalue weighted by atomic mass is 19.4. The van der Waals surface area contributed by atoms with Crippen molar-refractivity contribution in [2.45, 2.75) is 12.6 Å². The van der Waals surface area contributed by atoms with Crippen molar-refractivity contribution in [1.82, 2.24) is 14.4 Å². The van der Waals surface area contributed by atoms with Gasteiger partial charge in [0, 0.05) is 18.7 Å². The van der Waals surface area contributed by atoms with Gasteiger partial charge in [-0.1, -0.05) is 0 Å². The Morgan fingerprint density at radius 1 is 1.15 bits per heavy atom. The van der Waals surface area contributed by atoms with Crippen LogP contribution in [0.1, 0.15) is 22.5 Å². The first-order valence-corrected chi connectivity index (χ1v) is 7.00. The van der Waals surface area contributed by atoms with E-state index in [9.17, 15) is 26.3 Å². The fraction of sp³-hybridized carbons (Fsp3) is 0.133. The number of nitrogen functional groups attached to an aromatic ring is 1. The summed E-state index contributed by atoms with van der Waals surface area (Å²) < 4.78 is 80.5. The van der Waals surface area contributed by atoms with E-state index in [1.807, 2.05) is 0 Å². The van der Waals surface area contributed by atoms with Gasteiger partial charge in [0.2, 0.25) is 5.95 Å². The largest absolute Gasteiger partial charge is 0.419 e. The Balaban J connectivity index is 2.16. The van der Waals surface area contributed by atoms with Gasteiger partial charge in [-0.05, 0) is 11.6 Å². The zero-order valence-electron chi connectivity index (χ0n) is 12.7. The van der Waals surface area contributed by atoms with Crippen molar-refractivity contribution in [2.24, 2.45) is 5.73 Å². The van der Waals surface area contributed by atoms with Gasteiger partial charge in [0.05, 0.1) is 17.5 Å². The van der Waals surface area contributed by atoms with Crippen LogP contribution in [0, 0.1) is 23.0 Å². The summed E-state index contributed by atoms with van der Waals surface area (Å²) >= 11 is 0. The summed E-state index contributed by atoms with van der Waals surface area (Å²) in [5.74, 6) is -4.34. The maximum absolute atomic E-state index is 14.0. The molecule has 0 aliphatic rings. The number of halogens is 6. The number of aromatic nitrogens is 3. The van der Waals surface area contributed by atoms with E-state index in [4.69, 9.17) is 11.1 Å². The van der Waals surface area contributed by atoms with E-state index in [0.717, 1.165) is 16.8 Å². The average molecular weight is 373 g/mol. The summed E-state index contributed by atoms with van der Waals surface area (Å²) in [5.41, 5.74) is 2.76. The molecule has 2 heterocycles. The molecule has 0 fully saturated rings. The van der Waals surface area contributed by atoms with Crippen LogP contribution in [0.2, 0.25) is 0 Å². The lowest BCUT2D eigenvalue weighted by atomic mass is 10.0. The highest BCUT2D eigenvalue weighted by Gasteiger charge is 2.35. The first kappa shape index (κ1) is 17.7. The molecule has 0 atom stereocenters. The number of nitrogens with one attached hydrogen (secondary N) is 1. The standard InChI is InChI=1S/C15H9F6N5/c16-8-3-9(17)7(15(19,20)21)1-6(8)2-10-14-24-4-12(18)26(14)5-11(25-10)13(22)23/h1,3-5H,2H2,(H3,22,23). The maximum Gasteiger partial charge on any atom is 0.419 e. The molecule has 1 aromatic carbocycles. The summed E-state index contributed by atoms with van der Waals surface area (Å²) in [5, 5.41) is 7.38. The third-order valence-electron chi connectivity index (χ3n) is 3.59. The molecular formula is C15H9F6N5. The van der Waals surface area contributed by atoms with Crippen LogP contribution in [0.4, 0.5) is 26.3 Å². The van der Waals surface area contributed by atoms with Gasteiger partial charge < -0.3 is 5.73 Å². The molecule has 11 heteroatoms. The molecule has 0 amide bonds. The molecule has 0 bridgehead atoms. The van der Waals surface area contributed by atoms with Crippen LogP contribution in [0.25, 0.3) is 5.65 Å². The normalized spacial score (nSPS) is 11.9. The maximum atomic E-state index is 14.0. The van der Waals surface area contributed by atoms with E-state index in [1.54, 1.807) is 0 Å². The average Bonchev–Trinajstić information content (AvgIpc) is 2.90. The van der Waals surface area contributed by atoms with Gasteiger partial charge in [-0.15, -0.1) is 0 Å². The second kappa shape index (κ2) is 6.00. The molecule has 2 aromatic heterocycles. The third kappa shape index (κ3) is 3.07. The van der Waals surface area contributed by atoms with Crippen molar-refractivity contribution in [3.63, 3.8) is 0 Å². The highest BCUT2D eigenvalue weighted by molar-refractivity contribution is 5.93. The van der Waals surface area contributed by atoms with Crippen molar-refractivity contribution in [2.75, 3.05) is 0 Å². The molecule has 0 aliphatic heterocycles. The number of amidine groups is 1. The van der Waals surface area contributed by atoms with Gasteiger partial charge >= 0.3 is 6.18 Å². The van der Waals surface area contributed by atoms with Crippen LogP contribution in [0.3, 0.4) is 0 Å². The summed E-state index contributed by atoms with van der Waals surface area (Å²) in [4.78, 5) is 7.65. The fourth-order valence-corrected chi connectivity index (χ4v) is 2.40. The Kier molecular flexibility index (Phi) is 4.09. The summed E-state index contributed by atoms with van der Waals surface area (Å²) in [7, 11) is 0. The molecule has 5 nitrogen and oxygen atoms in total. The lowest BCUT2D eigenvalue weighted by Gasteiger charge is -2.12. The minimum absolute atomic E-state index is 0.0928. The van der Waals surface area contributed by atoms with Crippen LogP contribution < -0.4 is 5.73 Å². The minimum atomic E-state index is -5.02. The molecule has 0 spiro atoms. The quantitative estimate of drug-likeness (QED) is 0.421. The Morgan fingerprint density at radius 2 is 1.85 bits per heavy atom. The van der Waals surface area contributed by atoms with Crippen molar-refractivity contribution in [3.05, 3.63) is 64.6 Å². The van der Waals surface area contributed by atoms with E-state index in [0.29, 0.717) is 6.07 Å². The van der Waals surface area contributed by atoms with E-state index in [-0.39, 0.29) is 23.1 Å². The number of imidazole rings is 1. The molecular weight excluding hydrogens is 364 g/mol. The SMILES string of the molecule is N=C(N)c1cn2c(F)cnc2c(Cc2cc(C(F)(F)F)c(F)cc2F)n1. The van der Waals surface area contributed by atoms with Crippen LogP contribution in [0.5, 0.6) is 0 Å². The Bertz CT molecular complexity index is 1020. The lowest BCUT2D eigenvalue weighted by Crippen LogP contribution is -2.16. The fourth-order valence-electron chi connectivity index (χ4n) is 2.40. The van der Waals surface area contributed by atoms with Gasteiger partial charge in [0.1, 0.15) is 23.2 Å². The zero-order chi connectivity index (χ0) is 19.2. The molecule has 0 unspecified atom stereocenters. The lowest BCUT2D eigenvalue weighted by molar-refractivity contribution is -0.140. The van der Waals surface area contributed by atoms with Gasteiger partial charge in [0.25, 0.3) is 0 Å². The van der Waals surface area contributed by atoms with Gasteiger partial charge in [0.15, 0.2) is 5.65 Å². The molecule has 3 aromatic rings. The second-order valence-corrected chi connectivity index (χ2v) is 5.36.